The Hall–Kier alpha value is -1.62. The van der Waals surface area contributed by atoms with E-state index in [1.165, 1.54) is 12.8 Å². The number of unbranched alkanes of at least 4 members (excludes halogenated alkanes) is 1. The molecule has 108 valence electrons. The Bertz CT molecular complexity index is 564. The highest BCUT2D eigenvalue weighted by molar-refractivity contribution is 6.33. The highest BCUT2D eigenvalue weighted by Gasteiger charge is 2.12. The summed E-state index contributed by atoms with van der Waals surface area (Å²) in [7, 11) is 0. The molecule has 1 aromatic carbocycles. The Morgan fingerprint density at radius 2 is 2.10 bits per heavy atom. The van der Waals surface area contributed by atoms with Crippen molar-refractivity contribution in [3.8, 4) is 11.4 Å². The predicted molar refractivity (Wildman–Crippen MR) is 81.4 cm³/mol. The first-order chi connectivity index (χ1) is 9.58. The molecule has 20 heavy (non-hydrogen) atoms. The van der Waals surface area contributed by atoms with Crippen molar-refractivity contribution in [2.45, 2.75) is 39.7 Å². The number of tetrazole rings is 1. The molecular formula is C14H20ClN5. The van der Waals surface area contributed by atoms with Gasteiger partial charge >= 0.3 is 0 Å². The number of hydrogen-bond acceptors (Lipinski definition) is 4. The first-order valence-corrected chi connectivity index (χ1v) is 7.27. The van der Waals surface area contributed by atoms with Crippen LogP contribution in [0.1, 0.15) is 33.1 Å². The fourth-order valence-electron chi connectivity index (χ4n) is 2.08. The molecule has 0 saturated heterocycles. The van der Waals surface area contributed by atoms with E-state index >= 15 is 0 Å². The van der Waals surface area contributed by atoms with Crippen LogP contribution in [0.2, 0.25) is 5.02 Å². The van der Waals surface area contributed by atoms with Crippen molar-refractivity contribution >= 4 is 17.3 Å². The Morgan fingerprint density at radius 3 is 2.80 bits per heavy atom. The van der Waals surface area contributed by atoms with Crippen LogP contribution >= 0.6 is 11.6 Å². The summed E-state index contributed by atoms with van der Waals surface area (Å²) >= 11 is 6.21. The topological polar surface area (TPSA) is 69.6 Å². The highest BCUT2D eigenvalue weighted by atomic mass is 35.5. The van der Waals surface area contributed by atoms with Gasteiger partial charge in [-0.1, -0.05) is 38.3 Å². The minimum Gasteiger partial charge on any atom is -0.399 e. The van der Waals surface area contributed by atoms with Crippen molar-refractivity contribution < 1.29 is 0 Å². The largest absolute Gasteiger partial charge is 0.399 e. The number of halogens is 1. The van der Waals surface area contributed by atoms with Crippen molar-refractivity contribution in [3.63, 3.8) is 0 Å². The quantitative estimate of drug-likeness (QED) is 0.654. The van der Waals surface area contributed by atoms with E-state index in [0.717, 1.165) is 24.4 Å². The molecule has 2 N–H and O–H groups in total. The monoisotopic (exact) mass is 293 g/mol. The molecular weight excluding hydrogens is 274 g/mol. The van der Waals surface area contributed by atoms with Crippen LogP contribution in [-0.4, -0.2) is 20.2 Å². The zero-order chi connectivity index (χ0) is 14.5. The number of aryl methyl sites for hydroxylation is 1. The number of nitrogens with two attached hydrogens (primary N) is 1. The van der Waals surface area contributed by atoms with Crippen LogP contribution in [0.5, 0.6) is 0 Å². The molecule has 6 heteroatoms. The minimum atomic E-state index is 0.572. The average molecular weight is 294 g/mol. The van der Waals surface area contributed by atoms with Gasteiger partial charge in [0.05, 0.1) is 5.02 Å². The van der Waals surface area contributed by atoms with Crippen molar-refractivity contribution in [3.05, 3.63) is 23.2 Å². The van der Waals surface area contributed by atoms with E-state index < -0.39 is 0 Å². The van der Waals surface area contributed by atoms with Gasteiger partial charge in [0.15, 0.2) is 5.82 Å². The fourth-order valence-corrected chi connectivity index (χ4v) is 2.35. The number of nitrogen functional groups attached to an aromatic ring is 1. The molecule has 0 saturated carbocycles. The summed E-state index contributed by atoms with van der Waals surface area (Å²) in [6, 6.07) is 5.38. The lowest BCUT2D eigenvalue weighted by molar-refractivity contribution is 0.487. The van der Waals surface area contributed by atoms with Crippen LogP contribution < -0.4 is 5.73 Å². The lowest BCUT2D eigenvalue weighted by Gasteiger charge is -2.07. The molecule has 0 atom stereocenters. The lowest BCUT2D eigenvalue weighted by atomic mass is 10.1. The number of nitrogens with zero attached hydrogens (tertiary/aromatic N) is 4. The molecule has 0 spiro atoms. The summed E-state index contributed by atoms with van der Waals surface area (Å²) < 4.78 is 1.80. The second-order valence-corrected chi connectivity index (χ2v) is 5.76. The van der Waals surface area contributed by atoms with E-state index in [9.17, 15) is 0 Å². The zero-order valence-corrected chi connectivity index (χ0v) is 12.6. The number of hydrogen-bond donors (Lipinski definition) is 1. The van der Waals surface area contributed by atoms with Crippen molar-refractivity contribution in [2.24, 2.45) is 5.92 Å². The van der Waals surface area contributed by atoms with Crippen molar-refractivity contribution in [1.82, 2.24) is 20.2 Å². The third-order valence-corrected chi connectivity index (χ3v) is 3.48. The van der Waals surface area contributed by atoms with E-state index in [1.54, 1.807) is 16.8 Å². The maximum Gasteiger partial charge on any atom is 0.183 e. The van der Waals surface area contributed by atoms with Gasteiger partial charge in [0, 0.05) is 17.8 Å². The van der Waals surface area contributed by atoms with Gasteiger partial charge in [-0.05, 0) is 41.0 Å². The average Bonchev–Trinajstić information content (AvgIpc) is 2.82. The van der Waals surface area contributed by atoms with Crippen molar-refractivity contribution in [1.29, 1.82) is 0 Å². The van der Waals surface area contributed by atoms with E-state index in [0.29, 0.717) is 16.5 Å². The molecule has 0 amide bonds. The van der Waals surface area contributed by atoms with Crippen LogP contribution in [-0.2, 0) is 6.54 Å². The Labute approximate surface area is 124 Å². The van der Waals surface area contributed by atoms with E-state index in [-0.39, 0.29) is 0 Å². The molecule has 0 radical (unpaired) electrons. The Kier molecular flexibility index (Phi) is 4.95. The number of aromatic nitrogens is 4. The number of rotatable bonds is 6. The van der Waals surface area contributed by atoms with Crippen LogP contribution in [0.25, 0.3) is 11.4 Å². The second-order valence-electron chi connectivity index (χ2n) is 5.35. The zero-order valence-electron chi connectivity index (χ0n) is 11.9. The molecule has 0 aliphatic rings. The minimum absolute atomic E-state index is 0.572. The molecule has 1 heterocycles. The third-order valence-electron chi connectivity index (χ3n) is 3.17. The third kappa shape index (κ3) is 3.70. The molecule has 2 rings (SSSR count). The van der Waals surface area contributed by atoms with Crippen molar-refractivity contribution in [2.75, 3.05) is 5.73 Å². The van der Waals surface area contributed by atoms with Gasteiger partial charge in [0.25, 0.3) is 0 Å². The summed E-state index contributed by atoms with van der Waals surface area (Å²) in [6.45, 7) is 5.27. The van der Waals surface area contributed by atoms with Gasteiger partial charge in [-0.3, -0.25) is 0 Å². The summed E-state index contributed by atoms with van der Waals surface area (Å²) in [5.74, 6) is 1.43. The predicted octanol–water partition coefficient (Wildman–Crippen LogP) is 3.40. The van der Waals surface area contributed by atoms with Gasteiger partial charge in [-0.15, -0.1) is 5.10 Å². The van der Waals surface area contributed by atoms with Crippen LogP contribution in [0.3, 0.4) is 0 Å². The lowest BCUT2D eigenvalue weighted by Crippen LogP contribution is -2.04. The van der Waals surface area contributed by atoms with Gasteiger partial charge in [-0.2, -0.15) is 0 Å². The molecule has 5 nitrogen and oxygen atoms in total. The number of anilines is 1. The van der Waals surface area contributed by atoms with Crippen LogP contribution in [0.4, 0.5) is 5.69 Å². The van der Waals surface area contributed by atoms with Gasteiger partial charge in [0.2, 0.25) is 0 Å². The van der Waals surface area contributed by atoms with E-state index in [4.69, 9.17) is 17.3 Å². The Balaban J connectivity index is 2.08. The SMILES string of the molecule is CC(C)CCCCn1nnnc1-c1ccc(N)cc1Cl. The first kappa shape index (κ1) is 14.8. The standard InChI is InChI=1S/C14H20ClN5/c1-10(2)5-3-4-8-20-14(17-18-19-20)12-7-6-11(16)9-13(12)15/h6-7,9-10H,3-5,8,16H2,1-2H3. The molecule has 0 fully saturated rings. The molecule has 0 aliphatic carbocycles. The Morgan fingerprint density at radius 1 is 1.30 bits per heavy atom. The fraction of sp³-hybridized carbons (Fsp3) is 0.500. The maximum absolute atomic E-state index is 6.21. The van der Waals surface area contributed by atoms with E-state index in [2.05, 4.69) is 29.4 Å². The number of benzene rings is 1. The van der Waals surface area contributed by atoms with Gasteiger partial charge < -0.3 is 5.73 Å². The summed E-state index contributed by atoms with van der Waals surface area (Å²) in [4.78, 5) is 0. The maximum atomic E-state index is 6.21. The molecule has 0 unspecified atom stereocenters. The first-order valence-electron chi connectivity index (χ1n) is 6.89. The molecule has 0 bridgehead atoms. The van der Waals surface area contributed by atoms with Gasteiger partial charge in [0.1, 0.15) is 0 Å². The molecule has 1 aromatic heterocycles. The summed E-state index contributed by atoms with van der Waals surface area (Å²) in [5, 5.41) is 12.4. The summed E-state index contributed by atoms with van der Waals surface area (Å²) in [6.07, 6.45) is 3.45. The molecule has 2 aromatic rings. The second kappa shape index (κ2) is 6.70. The summed E-state index contributed by atoms with van der Waals surface area (Å²) in [5.41, 5.74) is 7.15. The van der Waals surface area contributed by atoms with Gasteiger partial charge in [-0.25, -0.2) is 4.68 Å². The smallest absolute Gasteiger partial charge is 0.183 e. The molecule has 0 aliphatic heterocycles. The van der Waals surface area contributed by atoms with Crippen LogP contribution in [0, 0.1) is 5.92 Å². The normalized spacial score (nSPS) is 11.2. The van der Waals surface area contributed by atoms with Crippen LogP contribution in [0.15, 0.2) is 18.2 Å². The highest BCUT2D eigenvalue weighted by Crippen LogP contribution is 2.27. The van der Waals surface area contributed by atoms with E-state index in [1.807, 2.05) is 6.07 Å².